The van der Waals surface area contributed by atoms with Crippen LogP contribution in [-0.2, 0) is 27.4 Å². The Labute approximate surface area is 192 Å². The van der Waals surface area contributed by atoms with Gasteiger partial charge in [-0.2, -0.15) is 0 Å². The Morgan fingerprint density at radius 1 is 0.938 bits per heavy atom. The Morgan fingerprint density at radius 3 is 2.44 bits per heavy atom. The maximum atomic E-state index is 5.72. The van der Waals surface area contributed by atoms with Crippen LogP contribution in [-0.4, -0.2) is 52.6 Å². The van der Waals surface area contributed by atoms with Gasteiger partial charge in [-0.15, -0.1) is 0 Å². The van der Waals surface area contributed by atoms with Crippen molar-refractivity contribution in [2.75, 3.05) is 45.9 Å². The van der Waals surface area contributed by atoms with Crippen molar-refractivity contribution in [3.63, 3.8) is 0 Å². The van der Waals surface area contributed by atoms with Crippen LogP contribution < -0.4 is 15.4 Å². The molecule has 0 heterocycles. The third-order valence-corrected chi connectivity index (χ3v) is 4.40. The molecule has 7 nitrogen and oxygen atoms in total. The number of hydrogen-bond donors (Lipinski definition) is 2. The van der Waals surface area contributed by atoms with Crippen molar-refractivity contribution in [2.24, 2.45) is 4.99 Å². The van der Waals surface area contributed by atoms with E-state index in [0.29, 0.717) is 33.0 Å². The highest BCUT2D eigenvalue weighted by atomic mass is 16.5. The predicted molar refractivity (Wildman–Crippen MR) is 129 cm³/mol. The highest BCUT2D eigenvalue weighted by molar-refractivity contribution is 5.93. The molecule has 0 radical (unpaired) electrons. The average Bonchev–Trinajstić information content (AvgIpc) is 2.78. The van der Waals surface area contributed by atoms with Gasteiger partial charge in [0, 0.05) is 33.1 Å². The smallest absolute Gasteiger partial charge is 0.196 e. The molecule has 0 aromatic heterocycles. The van der Waals surface area contributed by atoms with Gasteiger partial charge in [0.15, 0.2) is 5.96 Å². The molecule has 0 atom stereocenters. The third kappa shape index (κ3) is 10.6. The summed E-state index contributed by atoms with van der Waals surface area (Å²) in [7, 11) is 3.37. The van der Waals surface area contributed by atoms with Crippen LogP contribution in [0.15, 0.2) is 53.5 Å². The van der Waals surface area contributed by atoms with E-state index in [-0.39, 0.29) is 6.10 Å². The fraction of sp³-hybridized carbons (Fsp3) is 0.480. The van der Waals surface area contributed by atoms with Crippen LogP contribution in [0.2, 0.25) is 0 Å². The Bertz CT molecular complexity index is 794. The molecular weight excluding hydrogens is 406 g/mol. The minimum absolute atomic E-state index is 0.146. The van der Waals surface area contributed by atoms with Crippen LogP contribution in [0.4, 0.5) is 5.69 Å². The Balaban J connectivity index is 1.98. The standard InChI is InChI=1S/C25H37N3O4/c1-20(2)32-24-11-9-23(10-12-24)28-25(26-13-6-14-31-16-15-29-3)27-18-21-7-5-8-22(17-21)19-30-4/h5,7-12,17,20H,6,13-16,18-19H2,1-4H3,(H2,26,27,28). The van der Waals surface area contributed by atoms with Gasteiger partial charge in [-0.25, -0.2) is 4.99 Å². The zero-order chi connectivity index (χ0) is 23.0. The number of benzene rings is 2. The Morgan fingerprint density at radius 2 is 1.72 bits per heavy atom. The van der Waals surface area contributed by atoms with Crippen LogP contribution in [0.5, 0.6) is 5.75 Å². The zero-order valence-electron chi connectivity index (χ0n) is 19.7. The molecule has 176 valence electrons. The van der Waals surface area contributed by atoms with Crippen molar-refractivity contribution in [2.45, 2.75) is 39.5 Å². The van der Waals surface area contributed by atoms with E-state index in [1.54, 1.807) is 14.2 Å². The normalized spacial score (nSPS) is 11.6. The number of ether oxygens (including phenoxy) is 4. The van der Waals surface area contributed by atoms with Gasteiger partial charge in [-0.3, -0.25) is 0 Å². The molecule has 0 unspecified atom stereocenters. The second-order valence-electron chi connectivity index (χ2n) is 7.62. The lowest BCUT2D eigenvalue weighted by Gasteiger charge is -2.14. The molecule has 0 aliphatic carbocycles. The first kappa shape index (κ1) is 25.6. The third-order valence-electron chi connectivity index (χ3n) is 4.40. The maximum absolute atomic E-state index is 5.72. The highest BCUT2D eigenvalue weighted by Crippen LogP contribution is 2.17. The topological polar surface area (TPSA) is 73.3 Å². The van der Waals surface area contributed by atoms with Gasteiger partial charge >= 0.3 is 0 Å². The van der Waals surface area contributed by atoms with Crippen LogP contribution in [0, 0.1) is 0 Å². The molecule has 0 aliphatic rings. The summed E-state index contributed by atoms with van der Waals surface area (Å²) in [6.45, 7) is 7.82. The summed E-state index contributed by atoms with van der Waals surface area (Å²) < 4.78 is 21.5. The first-order chi connectivity index (χ1) is 15.6. The number of aliphatic imine (C=N–C) groups is 1. The Kier molecular flexibility index (Phi) is 12.2. The van der Waals surface area contributed by atoms with E-state index in [1.807, 2.05) is 44.2 Å². The molecule has 0 saturated carbocycles. The molecule has 0 bridgehead atoms. The van der Waals surface area contributed by atoms with Gasteiger partial charge in [0.2, 0.25) is 0 Å². The minimum Gasteiger partial charge on any atom is -0.491 e. The average molecular weight is 444 g/mol. The largest absolute Gasteiger partial charge is 0.491 e. The van der Waals surface area contributed by atoms with E-state index >= 15 is 0 Å². The maximum Gasteiger partial charge on any atom is 0.196 e. The molecule has 2 aromatic carbocycles. The second-order valence-corrected chi connectivity index (χ2v) is 7.62. The summed E-state index contributed by atoms with van der Waals surface area (Å²) >= 11 is 0. The van der Waals surface area contributed by atoms with Crippen molar-refractivity contribution >= 4 is 11.6 Å². The van der Waals surface area contributed by atoms with Crippen molar-refractivity contribution in [1.29, 1.82) is 0 Å². The second kappa shape index (κ2) is 15.2. The minimum atomic E-state index is 0.146. The predicted octanol–water partition coefficient (Wildman–Crippen LogP) is 4.23. The fourth-order valence-electron chi connectivity index (χ4n) is 2.95. The fourth-order valence-corrected chi connectivity index (χ4v) is 2.95. The molecular formula is C25H37N3O4. The van der Waals surface area contributed by atoms with Crippen molar-refractivity contribution in [1.82, 2.24) is 5.32 Å². The molecule has 2 aromatic rings. The van der Waals surface area contributed by atoms with Gasteiger partial charge in [-0.1, -0.05) is 24.3 Å². The molecule has 0 saturated heterocycles. The molecule has 0 amide bonds. The monoisotopic (exact) mass is 443 g/mol. The van der Waals surface area contributed by atoms with E-state index in [0.717, 1.165) is 41.5 Å². The van der Waals surface area contributed by atoms with Crippen LogP contribution in [0.25, 0.3) is 0 Å². The summed E-state index contributed by atoms with van der Waals surface area (Å²) in [5, 5.41) is 6.77. The first-order valence-electron chi connectivity index (χ1n) is 11.1. The lowest BCUT2D eigenvalue weighted by atomic mass is 10.1. The SMILES string of the molecule is COCCOCCCNC(=NCc1cccc(COC)c1)Nc1ccc(OC(C)C)cc1. The van der Waals surface area contributed by atoms with Crippen molar-refractivity contribution in [3.8, 4) is 5.75 Å². The van der Waals surface area contributed by atoms with Crippen LogP contribution >= 0.6 is 0 Å². The lowest BCUT2D eigenvalue weighted by molar-refractivity contribution is 0.0699. The van der Waals surface area contributed by atoms with Crippen molar-refractivity contribution < 1.29 is 18.9 Å². The summed E-state index contributed by atoms with van der Waals surface area (Å²) in [6.07, 6.45) is 1.02. The van der Waals surface area contributed by atoms with E-state index in [4.69, 9.17) is 23.9 Å². The van der Waals surface area contributed by atoms with Crippen molar-refractivity contribution in [3.05, 3.63) is 59.7 Å². The molecule has 0 aliphatic heterocycles. The summed E-state index contributed by atoms with van der Waals surface area (Å²) in [6, 6.07) is 16.2. The van der Waals surface area contributed by atoms with E-state index < -0.39 is 0 Å². The summed E-state index contributed by atoms with van der Waals surface area (Å²) in [5.74, 6) is 1.57. The molecule has 2 rings (SSSR count). The van der Waals surface area contributed by atoms with E-state index in [9.17, 15) is 0 Å². The molecule has 7 heteroatoms. The molecule has 0 spiro atoms. The lowest BCUT2D eigenvalue weighted by Crippen LogP contribution is -2.32. The Hall–Kier alpha value is -2.61. The van der Waals surface area contributed by atoms with E-state index in [2.05, 4.69) is 28.8 Å². The van der Waals surface area contributed by atoms with E-state index in [1.165, 1.54) is 0 Å². The van der Waals surface area contributed by atoms with Gasteiger partial charge in [0.05, 0.1) is 32.5 Å². The van der Waals surface area contributed by atoms with Gasteiger partial charge in [-0.05, 0) is 55.7 Å². The molecule has 2 N–H and O–H groups in total. The van der Waals surface area contributed by atoms with Gasteiger partial charge in [0.1, 0.15) is 5.75 Å². The highest BCUT2D eigenvalue weighted by Gasteiger charge is 2.03. The number of guanidine groups is 1. The summed E-state index contributed by atoms with van der Waals surface area (Å²) in [4.78, 5) is 4.77. The first-order valence-corrected chi connectivity index (χ1v) is 11.1. The zero-order valence-corrected chi connectivity index (χ0v) is 19.7. The molecule has 0 fully saturated rings. The summed E-state index contributed by atoms with van der Waals surface area (Å²) in [5.41, 5.74) is 3.21. The number of nitrogens with one attached hydrogen (secondary N) is 2. The number of anilines is 1. The molecule has 32 heavy (non-hydrogen) atoms. The number of rotatable bonds is 14. The van der Waals surface area contributed by atoms with Gasteiger partial charge in [0.25, 0.3) is 0 Å². The number of hydrogen-bond acceptors (Lipinski definition) is 5. The van der Waals surface area contributed by atoms with Gasteiger partial charge < -0.3 is 29.6 Å². The number of nitrogens with zero attached hydrogens (tertiary/aromatic N) is 1. The van der Waals surface area contributed by atoms with Crippen LogP contribution in [0.1, 0.15) is 31.4 Å². The quantitative estimate of drug-likeness (QED) is 0.259. The number of methoxy groups -OCH3 is 2. The van der Waals surface area contributed by atoms with Crippen LogP contribution in [0.3, 0.4) is 0 Å².